The molecule has 3 heterocycles. The zero-order chi connectivity index (χ0) is 18.2. The van der Waals surface area contributed by atoms with Crippen molar-refractivity contribution in [1.82, 2.24) is 19.7 Å². The topological polar surface area (TPSA) is 55.6 Å². The van der Waals surface area contributed by atoms with Crippen molar-refractivity contribution in [3.8, 4) is 22.5 Å². The number of halogens is 1. The van der Waals surface area contributed by atoms with Gasteiger partial charge in [0.1, 0.15) is 11.5 Å². The third-order valence-corrected chi connectivity index (χ3v) is 5.56. The molecule has 1 saturated carbocycles. The summed E-state index contributed by atoms with van der Waals surface area (Å²) in [5.41, 5.74) is 4.93. The Morgan fingerprint density at radius 3 is 2.67 bits per heavy atom. The molecule has 1 aromatic carbocycles. The summed E-state index contributed by atoms with van der Waals surface area (Å²) in [5, 5.41) is 8.29. The maximum absolute atomic E-state index is 13.4. The molecule has 1 fully saturated rings. The van der Waals surface area contributed by atoms with Gasteiger partial charge in [0.05, 0.1) is 5.69 Å². The molecule has 1 N–H and O–H groups in total. The summed E-state index contributed by atoms with van der Waals surface area (Å²) in [6, 6.07) is 8.96. The molecule has 1 aliphatic heterocycles. The minimum Gasteiger partial charge on any atom is -0.351 e. The van der Waals surface area contributed by atoms with Gasteiger partial charge in [-0.05, 0) is 56.0 Å². The molecule has 2 aromatic heterocycles. The molecule has 2 aliphatic rings. The van der Waals surface area contributed by atoms with Gasteiger partial charge in [-0.15, -0.1) is 0 Å². The number of aromatic nitrogens is 4. The van der Waals surface area contributed by atoms with Crippen LogP contribution < -0.4 is 5.32 Å². The summed E-state index contributed by atoms with van der Waals surface area (Å²) in [7, 11) is 0. The van der Waals surface area contributed by atoms with Crippen molar-refractivity contribution in [2.45, 2.75) is 51.1 Å². The highest BCUT2D eigenvalue weighted by Gasteiger charge is 2.25. The number of fused-ring (bicyclic) bond motifs is 1. The Bertz CT molecular complexity index is 957. The number of hydrogen-bond donors (Lipinski definition) is 1. The van der Waals surface area contributed by atoms with Gasteiger partial charge in [0, 0.05) is 35.6 Å². The fourth-order valence-corrected chi connectivity index (χ4v) is 4.23. The van der Waals surface area contributed by atoms with Crippen LogP contribution in [0.25, 0.3) is 22.5 Å². The number of hydrogen-bond acceptors (Lipinski definition) is 4. The van der Waals surface area contributed by atoms with Crippen LogP contribution in [0.5, 0.6) is 0 Å². The van der Waals surface area contributed by atoms with Crippen molar-refractivity contribution in [3.05, 3.63) is 48.0 Å². The van der Waals surface area contributed by atoms with Crippen LogP contribution in [0.3, 0.4) is 0 Å². The van der Waals surface area contributed by atoms with Crippen LogP contribution >= 0.6 is 0 Å². The summed E-state index contributed by atoms with van der Waals surface area (Å²) in [4.78, 5) is 9.23. The van der Waals surface area contributed by atoms with E-state index in [4.69, 9.17) is 10.1 Å². The Labute approximate surface area is 157 Å². The summed E-state index contributed by atoms with van der Waals surface area (Å²) < 4.78 is 15.4. The molecule has 0 radical (unpaired) electrons. The van der Waals surface area contributed by atoms with Gasteiger partial charge in [-0.1, -0.05) is 12.8 Å². The molecule has 6 heteroatoms. The van der Waals surface area contributed by atoms with Crippen molar-refractivity contribution in [2.75, 3.05) is 5.32 Å². The van der Waals surface area contributed by atoms with Crippen LogP contribution in [0.2, 0.25) is 0 Å². The predicted octanol–water partition coefficient (Wildman–Crippen LogP) is 4.45. The normalized spacial score (nSPS) is 16.6. The lowest BCUT2D eigenvalue weighted by molar-refractivity contribution is 0.628. The highest BCUT2D eigenvalue weighted by Crippen LogP contribution is 2.37. The molecule has 0 unspecified atom stereocenters. The monoisotopic (exact) mass is 363 g/mol. The van der Waals surface area contributed by atoms with Gasteiger partial charge in [-0.2, -0.15) is 5.10 Å². The summed E-state index contributed by atoms with van der Waals surface area (Å²) in [5.74, 6) is 0.444. The predicted molar refractivity (Wildman–Crippen MR) is 103 cm³/mol. The van der Waals surface area contributed by atoms with Gasteiger partial charge in [0.15, 0.2) is 0 Å². The highest BCUT2D eigenvalue weighted by molar-refractivity contribution is 5.81. The molecule has 5 nitrogen and oxygen atoms in total. The highest BCUT2D eigenvalue weighted by atomic mass is 19.1. The minimum absolute atomic E-state index is 0.239. The first-order chi connectivity index (χ1) is 13.3. The van der Waals surface area contributed by atoms with Crippen molar-refractivity contribution in [3.63, 3.8) is 0 Å². The molecule has 0 spiro atoms. The quantitative estimate of drug-likeness (QED) is 0.744. The molecule has 27 heavy (non-hydrogen) atoms. The number of aryl methyl sites for hydroxylation is 1. The minimum atomic E-state index is -0.239. The summed E-state index contributed by atoms with van der Waals surface area (Å²) in [6.45, 7) is 0.918. The van der Waals surface area contributed by atoms with Crippen LogP contribution in [-0.2, 0) is 13.0 Å². The maximum Gasteiger partial charge on any atom is 0.223 e. The first-order valence-electron chi connectivity index (χ1n) is 9.73. The first-order valence-corrected chi connectivity index (χ1v) is 9.73. The molecule has 0 atom stereocenters. The second-order valence-corrected chi connectivity index (χ2v) is 7.40. The van der Waals surface area contributed by atoms with Gasteiger partial charge < -0.3 is 5.32 Å². The van der Waals surface area contributed by atoms with Crippen LogP contribution in [0.15, 0.2) is 36.5 Å². The van der Waals surface area contributed by atoms with E-state index in [1.165, 1.54) is 43.5 Å². The number of nitrogens with one attached hydrogen (secondary N) is 1. The van der Waals surface area contributed by atoms with E-state index in [1.54, 1.807) is 12.1 Å². The molecular formula is C21H22FN5. The van der Waals surface area contributed by atoms with E-state index in [9.17, 15) is 4.39 Å². The van der Waals surface area contributed by atoms with Crippen LogP contribution in [-0.4, -0.2) is 25.8 Å². The summed E-state index contributed by atoms with van der Waals surface area (Å²) in [6.07, 6.45) is 8.78. The van der Waals surface area contributed by atoms with E-state index in [0.717, 1.165) is 41.9 Å². The lowest BCUT2D eigenvalue weighted by Crippen LogP contribution is -2.16. The van der Waals surface area contributed by atoms with Crippen LogP contribution in [0.4, 0.5) is 10.3 Å². The van der Waals surface area contributed by atoms with Crippen LogP contribution in [0, 0.1) is 5.82 Å². The molecule has 0 saturated heterocycles. The molecule has 1 aliphatic carbocycles. The zero-order valence-corrected chi connectivity index (χ0v) is 15.2. The Morgan fingerprint density at radius 2 is 1.85 bits per heavy atom. The fourth-order valence-electron chi connectivity index (χ4n) is 4.23. The Kier molecular flexibility index (Phi) is 4.11. The molecule has 138 valence electrons. The number of benzene rings is 1. The van der Waals surface area contributed by atoms with Crippen molar-refractivity contribution in [2.24, 2.45) is 0 Å². The van der Waals surface area contributed by atoms with E-state index >= 15 is 0 Å². The lowest BCUT2D eigenvalue weighted by Gasteiger charge is -2.12. The Morgan fingerprint density at radius 1 is 1.04 bits per heavy atom. The van der Waals surface area contributed by atoms with Gasteiger partial charge in [0.2, 0.25) is 5.95 Å². The summed E-state index contributed by atoms with van der Waals surface area (Å²) >= 11 is 0. The Hall–Kier alpha value is -2.76. The third kappa shape index (κ3) is 3.09. The standard InChI is InChI=1S/C21H22FN5/c22-15-9-7-14(8-10-15)20-19(18-6-3-13-27(18)26-20)17-11-12-23-21(25-17)24-16-4-1-2-5-16/h7-12,16H,1-6,13H2,(H,23,24,25). The van der Waals surface area contributed by atoms with E-state index in [-0.39, 0.29) is 5.82 Å². The van der Waals surface area contributed by atoms with Crippen molar-refractivity contribution >= 4 is 5.95 Å². The average molecular weight is 363 g/mol. The second-order valence-electron chi connectivity index (χ2n) is 7.40. The number of anilines is 1. The lowest BCUT2D eigenvalue weighted by atomic mass is 10.0. The zero-order valence-electron chi connectivity index (χ0n) is 15.2. The van der Waals surface area contributed by atoms with Gasteiger partial charge in [0.25, 0.3) is 0 Å². The molecule has 0 amide bonds. The molecule has 3 aromatic rings. The van der Waals surface area contributed by atoms with Crippen molar-refractivity contribution in [1.29, 1.82) is 0 Å². The van der Waals surface area contributed by atoms with E-state index in [1.807, 2.05) is 12.3 Å². The molecule has 0 bridgehead atoms. The number of nitrogens with zero attached hydrogens (tertiary/aromatic N) is 4. The van der Waals surface area contributed by atoms with Gasteiger partial charge in [-0.25, -0.2) is 14.4 Å². The molecular weight excluding hydrogens is 341 g/mol. The average Bonchev–Trinajstić information content (AvgIpc) is 3.39. The first kappa shape index (κ1) is 16.4. The second kappa shape index (κ2) is 6.76. The van der Waals surface area contributed by atoms with Crippen LogP contribution in [0.1, 0.15) is 37.8 Å². The smallest absolute Gasteiger partial charge is 0.223 e. The van der Waals surface area contributed by atoms with Gasteiger partial charge >= 0.3 is 0 Å². The fraction of sp³-hybridized carbons (Fsp3) is 0.381. The van der Waals surface area contributed by atoms with E-state index in [2.05, 4.69) is 15.0 Å². The maximum atomic E-state index is 13.4. The van der Waals surface area contributed by atoms with Gasteiger partial charge in [-0.3, -0.25) is 4.68 Å². The largest absolute Gasteiger partial charge is 0.351 e. The third-order valence-electron chi connectivity index (χ3n) is 5.56. The molecule has 5 rings (SSSR count). The van der Waals surface area contributed by atoms with E-state index < -0.39 is 0 Å². The number of rotatable bonds is 4. The SMILES string of the molecule is Fc1ccc(-c2nn3c(c2-c2ccnc(NC4CCCC4)n2)CCC3)cc1. The Balaban J connectivity index is 1.57. The van der Waals surface area contributed by atoms with E-state index in [0.29, 0.717) is 12.0 Å². The van der Waals surface area contributed by atoms with Crippen molar-refractivity contribution < 1.29 is 4.39 Å².